The fraction of sp³-hybridized carbons (Fsp3) is 0.500. The number of rotatable bonds is 13. The summed E-state index contributed by atoms with van der Waals surface area (Å²) in [7, 11) is -3.52. The van der Waals surface area contributed by atoms with Crippen LogP contribution in [0.1, 0.15) is 61.8 Å². The van der Waals surface area contributed by atoms with E-state index < -0.39 is 16.1 Å². The van der Waals surface area contributed by atoms with Crippen molar-refractivity contribution in [2.24, 2.45) is 0 Å². The molecule has 7 nitrogen and oxygen atoms in total. The van der Waals surface area contributed by atoms with Crippen LogP contribution in [0.25, 0.3) is 0 Å². The lowest BCUT2D eigenvalue weighted by atomic mass is 10.1. The summed E-state index contributed by atoms with van der Waals surface area (Å²) in [6, 6.07) is 12.9. The highest BCUT2D eigenvalue weighted by Gasteiger charge is 2.29. The molecule has 2 aromatic rings. The lowest BCUT2D eigenvalue weighted by Gasteiger charge is -2.31. The molecule has 36 heavy (non-hydrogen) atoms. The Morgan fingerprint density at radius 3 is 2.19 bits per heavy atom. The average Bonchev–Trinajstić information content (AvgIpc) is 2.79. The number of carbonyl (C=O) groups is 2. The quantitative estimate of drug-likeness (QED) is 0.426. The first-order valence-corrected chi connectivity index (χ1v) is 14.5. The number of hydrogen-bond donors (Lipinski definition) is 1. The topological polar surface area (TPSA) is 86.8 Å². The number of aryl methyl sites for hydroxylation is 3. The van der Waals surface area contributed by atoms with Crippen molar-refractivity contribution in [1.29, 1.82) is 0 Å². The molecule has 198 valence electrons. The smallest absolute Gasteiger partial charge is 0.242 e. The summed E-state index contributed by atoms with van der Waals surface area (Å²) in [5.74, 6) is -0.320. The third kappa shape index (κ3) is 8.36. The molecule has 0 aliphatic carbocycles. The minimum Gasteiger partial charge on any atom is -0.354 e. The van der Waals surface area contributed by atoms with Gasteiger partial charge in [0.1, 0.15) is 6.04 Å². The predicted octanol–water partition coefficient (Wildman–Crippen LogP) is 4.49. The maximum Gasteiger partial charge on any atom is 0.242 e. The Kier molecular flexibility index (Phi) is 11.0. The lowest BCUT2D eigenvalue weighted by molar-refractivity contribution is -0.141. The van der Waals surface area contributed by atoms with Crippen LogP contribution in [0.5, 0.6) is 0 Å². The molecule has 0 saturated carbocycles. The lowest BCUT2D eigenvalue weighted by Crippen LogP contribution is -2.49. The van der Waals surface area contributed by atoms with Crippen LogP contribution < -0.4 is 9.62 Å². The highest BCUT2D eigenvalue weighted by molar-refractivity contribution is 7.92. The van der Waals surface area contributed by atoms with Gasteiger partial charge in [-0.1, -0.05) is 44.2 Å². The van der Waals surface area contributed by atoms with Gasteiger partial charge in [0.25, 0.3) is 0 Å². The summed E-state index contributed by atoms with van der Waals surface area (Å²) >= 11 is 0. The van der Waals surface area contributed by atoms with Gasteiger partial charge in [-0.2, -0.15) is 0 Å². The Labute approximate surface area is 216 Å². The molecule has 1 atom stereocenters. The van der Waals surface area contributed by atoms with E-state index in [0.717, 1.165) is 28.7 Å². The number of sulfonamides is 1. The van der Waals surface area contributed by atoms with Gasteiger partial charge >= 0.3 is 0 Å². The van der Waals surface area contributed by atoms with Crippen LogP contribution in [0, 0.1) is 20.8 Å². The van der Waals surface area contributed by atoms with Gasteiger partial charge in [0.15, 0.2) is 0 Å². The summed E-state index contributed by atoms with van der Waals surface area (Å²) in [5.41, 5.74) is 4.59. The van der Waals surface area contributed by atoms with Crippen molar-refractivity contribution in [3.63, 3.8) is 0 Å². The Bertz CT molecular complexity index is 1130. The number of carbonyl (C=O) groups excluding carboxylic acids is 2. The molecule has 2 amide bonds. The van der Waals surface area contributed by atoms with Crippen molar-refractivity contribution in [1.82, 2.24) is 10.2 Å². The fourth-order valence-corrected chi connectivity index (χ4v) is 5.30. The number of amides is 2. The van der Waals surface area contributed by atoms with E-state index in [4.69, 9.17) is 0 Å². The van der Waals surface area contributed by atoms with Gasteiger partial charge in [0, 0.05) is 26.1 Å². The van der Waals surface area contributed by atoms with E-state index in [1.165, 1.54) is 10.6 Å². The normalized spacial score (nSPS) is 12.2. The highest BCUT2D eigenvalue weighted by atomic mass is 32.2. The molecular formula is C28H41N3O4S. The van der Waals surface area contributed by atoms with E-state index in [0.29, 0.717) is 31.6 Å². The van der Waals surface area contributed by atoms with Crippen molar-refractivity contribution in [2.75, 3.05) is 23.7 Å². The van der Waals surface area contributed by atoms with Crippen molar-refractivity contribution >= 4 is 27.5 Å². The van der Waals surface area contributed by atoms with Crippen LogP contribution in [0.3, 0.4) is 0 Å². The molecule has 2 rings (SSSR count). The van der Waals surface area contributed by atoms with E-state index in [2.05, 4.69) is 5.32 Å². The summed E-state index contributed by atoms with van der Waals surface area (Å²) in [5, 5.41) is 2.92. The first-order valence-electron chi connectivity index (χ1n) is 12.7. The molecule has 0 aromatic heterocycles. The Morgan fingerprint density at radius 2 is 1.64 bits per heavy atom. The number of nitrogens with zero attached hydrogens (tertiary/aromatic N) is 2. The predicted molar refractivity (Wildman–Crippen MR) is 146 cm³/mol. The first kappa shape index (κ1) is 29.4. The zero-order valence-electron chi connectivity index (χ0n) is 22.5. The van der Waals surface area contributed by atoms with E-state index >= 15 is 0 Å². The standard InChI is InChI=1S/C28H41N3O4S/c1-7-15-29-28(33)26(8-2)30(20-24-13-10-9-12-23(24)5)27(32)14-11-16-31(36(6,34)35)25-18-21(3)17-22(4)19-25/h9-10,12-13,17-19,26H,7-8,11,14-16,20H2,1-6H3,(H,29,33). The molecule has 1 unspecified atom stereocenters. The van der Waals surface area contributed by atoms with Crippen LogP contribution in [-0.2, 0) is 26.2 Å². The maximum absolute atomic E-state index is 13.5. The highest BCUT2D eigenvalue weighted by Crippen LogP contribution is 2.23. The van der Waals surface area contributed by atoms with Gasteiger partial charge < -0.3 is 10.2 Å². The third-order valence-electron chi connectivity index (χ3n) is 6.18. The second kappa shape index (κ2) is 13.4. The van der Waals surface area contributed by atoms with E-state index in [9.17, 15) is 18.0 Å². The van der Waals surface area contributed by atoms with E-state index in [-0.39, 0.29) is 24.8 Å². The second-order valence-corrected chi connectivity index (χ2v) is 11.4. The molecule has 2 aromatic carbocycles. The van der Waals surface area contributed by atoms with Crippen LogP contribution in [0.4, 0.5) is 5.69 Å². The van der Waals surface area contributed by atoms with Gasteiger partial charge in [-0.05, 0) is 74.4 Å². The minimum atomic E-state index is -3.52. The van der Waals surface area contributed by atoms with Gasteiger partial charge in [0.05, 0.1) is 11.9 Å². The SMILES string of the molecule is CCCNC(=O)C(CC)N(Cc1ccccc1C)C(=O)CCCN(c1cc(C)cc(C)c1)S(C)(=O)=O. The third-order valence-corrected chi connectivity index (χ3v) is 7.38. The molecule has 0 bridgehead atoms. The molecule has 0 fully saturated rings. The summed E-state index contributed by atoms with van der Waals surface area (Å²) in [4.78, 5) is 28.1. The van der Waals surface area contributed by atoms with Crippen LogP contribution in [0.2, 0.25) is 0 Å². The molecule has 0 radical (unpaired) electrons. The van der Waals surface area contributed by atoms with Crippen LogP contribution in [-0.4, -0.2) is 50.5 Å². The summed E-state index contributed by atoms with van der Waals surface area (Å²) in [6.45, 7) is 10.8. The monoisotopic (exact) mass is 515 g/mol. The van der Waals surface area contributed by atoms with Gasteiger partial charge in [-0.15, -0.1) is 0 Å². The zero-order valence-corrected chi connectivity index (χ0v) is 23.3. The van der Waals surface area contributed by atoms with E-state index in [1.54, 1.807) is 4.90 Å². The number of nitrogens with one attached hydrogen (secondary N) is 1. The van der Waals surface area contributed by atoms with Crippen molar-refractivity contribution in [2.45, 2.75) is 72.9 Å². The maximum atomic E-state index is 13.5. The first-order chi connectivity index (χ1) is 17.0. The van der Waals surface area contributed by atoms with E-state index in [1.807, 2.05) is 77.1 Å². The number of hydrogen-bond acceptors (Lipinski definition) is 4. The van der Waals surface area contributed by atoms with Gasteiger partial charge in [-0.3, -0.25) is 13.9 Å². The Balaban J connectivity index is 2.24. The van der Waals surface area contributed by atoms with Crippen LogP contribution in [0.15, 0.2) is 42.5 Å². The fourth-order valence-electron chi connectivity index (χ4n) is 4.36. The molecule has 8 heteroatoms. The summed E-state index contributed by atoms with van der Waals surface area (Å²) in [6.07, 6.45) is 2.97. The minimum absolute atomic E-state index is 0.139. The zero-order chi connectivity index (χ0) is 26.9. The molecule has 0 heterocycles. The van der Waals surface area contributed by atoms with Crippen molar-refractivity contribution < 1.29 is 18.0 Å². The number of anilines is 1. The number of benzene rings is 2. The molecular weight excluding hydrogens is 474 g/mol. The largest absolute Gasteiger partial charge is 0.354 e. The van der Waals surface area contributed by atoms with Crippen molar-refractivity contribution in [3.8, 4) is 0 Å². The average molecular weight is 516 g/mol. The van der Waals surface area contributed by atoms with Crippen molar-refractivity contribution in [3.05, 3.63) is 64.7 Å². The molecule has 0 aliphatic rings. The molecule has 0 aliphatic heterocycles. The molecule has 1 N–H and O–H groups in total. The van der Waals surface area contributed by atoms with Gasteiger partial charge in [-0.25, -0.2) is 8.42 Å². The van der Waals surface area contributed by atoms with Gasteiger partial charge in [0.2, 0.25) is 21.8 Å². The second-order valence-electron chi connectivity index (χ2n) is 9.45. The summed E-state index contributed by atoms with van der Waals surface area (Å²) < 4.78 is 26.5. The Hall–Kier alpha value is -2.87. The molecule has 0 spiro atoms. The Morgan fingerprint density at radius 1 is 1.00 bits per heavy atom. The molecule has 0 saturated heterocycles. The van der Waals surface area contributed by atoms with Crippen LogP contribution >= 0.6 is 0 Å².